The zero-order valence-corrected chi connectivity index (χ0v) is 23.6. The number of epoxide rings is 1. The number of phenolic OH excluding ortho intramolecular Hbond substituents is 1. The molecule has 3 heterocycles. The number of ether oxygens (including phenoxy) is 1. The number of hydrogen-bond acceptors (Lipinski definition) is 10. The molecule has 11 heteroatoms. The number of nitrogens with two attached hydrogens (primary N) is 1. The molecule has 222 valence electrons. The number of benzene rings is 1. The summed E-state index contributed by atoms with van der Waals surface area (Å²) in [5.74, 6) is -5.78. The number of Topliss-reactive ketones (excluding diaryl/α,β-unsaturated/α-hetero) is 1. The lowest BCUT2D eigenvalue weighted by Gasteiger charge is -2.46. The monoisotopic (exact) mass is 577 g/mol. The van der Waals surface area contributed by atoms with Gasteiger partial charge in [0, 0.05) is 29.2 Å². The average molecular weight is 578 g/mol. The van der Waals surface area contributed by atoms with Crippen LogP contribution in [0, 0.1) is 11.8 Å². The highest BCUT2D eigenvalue weighted by molar-refractivity contribution is 6.14. The van der Waals surface area contributed by atoms with E-state index in [1.807, 2.05) is 6.07 Å². The van der Waals surface area contributed by atoms with Gasteiger partial charge in [0.25, 0.3) is 5.91 Å². The molecule has 1 spiro atoms. The van der Waals surface area contributed by atoms with E-state index in [0.29, 0.717) is 17.7 Å². The van der Waals surface area contributed by atoms with Gasteiger partial charge < -0.3 is 35.3 Å². The Hall–Kier alpha value is -3.64. The molecule has 0 radical (unpaired) electrons. The minimum Gasteiger partial charge on any atom is -0.510 e. The maximum atomic E-state index is 14.2. The molecular formula is C31H35N3O8. The zero-order valence-electron chi connectivity index (χ0n) is 23.6. The lowest BCUT2D eigenvalue weighted by atomic mass is 9.58. The fraction of sp³-hybridized carbons (Fsp3) is 0.484. The molecule has 1 unspecified atom stereocenters. The first-order valence-electron chi connectivity index (χ1n) is 14.5. The Balaban J connectivity index is 1.34. The van der Waals surface area contributed by atoms with Crippen molar-refractivity contribution >= 4 is 17.4 Å². The van der Waals surface area contributed by atoms with Gasteiger partial charge >= 0.3 is 0 Å². The third kappa shape index (κ3) is 3.48. The molecule has 2 aromatic rings. The molecule has 5 aliphatic rings. The number of phenols is 1. The van der Waals surface area contributed by atoms with E-state index in [1.54, 1.807) is 31.3 Å². The Morgan fingerprint density at radius 2 is 1.88 bits per heavy atom. The van der Waals surface area contributed by atoms with Gasteiger partial charge in [0.05, 0.1) is 17.9 Å². The highest BCUT2D eigenvalue weighted by atomic mass is 16.8. The van der Waals surface area contributed by atoms with Gasteiger partial charge in [0.15, 0.2) is 5.60 Å². The summed E-state index contributed by atoms with van der Waals surface area (Å²) in [6.45, 7) is 2.74. The van der Waals surface area contributed by atoms with Crippen molar-refractivity contribution in [3.05, 3.63) is 58.1 Å². The summed E-state index contributed by atoms with van der Waals surface area (Å²) in [6, 6.07) is 4.36. The van der Waals surface area contributed by atoms with Crippen molar-refractivity contribution in [3.63, 3.8) is 0 Å². The summed E-state index contributed by atoms with van der Waals surface area (Å²) in [5, 5.41) is 45.1. The van der Waals surface area contributed by atoms with Crippen molar-refractivity contribution in [2.75, 3.05) is 27.2 Å². The number of furan rings is 1. The molecule has 5 atom stereocenters. The van der Waals surface area contributed by atoms with Gasteiger partial charge in [-0.25, -0.2) is 0 Å². The number of aliphatic hydroxyl groups excluding tert-OH is 2. The number of aliphatic hydroxyl groups is 3. The lowest BCUT2D eigenvalue weighted by Crippen LogP contribution is -2.60. The number of carbonyl (C=O) groups is 2. The number of primary amides is 1. The van der Waals surface area contributed by atoms with Gasteiger partial charge in [-0.05, 0) is 82.5 Å². The van der Waals surface area contributed by atoms with Gasteiger partial charge in [0.2, 0.25) is 11.6 Å². The minimum atomic E-state index is -2.41. The summed E-state index contributed by atoms with van der Waals surface area (Å²) in [4.78, 5) is 30.6. The number of aromatic hydroxyl groups is 1. The molecule has 3 aliphatic carbocycles. The normalized spacial score (nSPS) is 32.4. The molecule has 6 N–H and O–H groups in total. The van der Waals surface area contributed by atoms with Crippen LogP contribution in [0.2, 0.25) is 0 Å². The van der Waals surface area contributed by atoms with Crippen LogP contribution >= 0.6 is 0 Å². The molecule has 1 aromatic heterocycles. The zero-order chi connectivity index (χ0) is 29.7. The Bertz CT molecular complexity index is 1580. The van der Waals surface area contributed by atoms with E-state index >= 15 is 0 Å². The molecule has 1 amide bonds. The maximum Gasteiger partial charge on any atom is 0.253 e. The van der Waals surface area contributed by atoms with Crippen LogP contribution in [0.25, 0.3) is 17.1 Å². The van der Waals surface area contributed by atoms with Crippen LogP contribution in [-0.2, 0) is 27.3 Å². The van der Waals surface area contributed by atoms with Gasteiger partial charge in [-0.3, -0.25) is 19.4 Å². The predicted molar refractivity (Wildman–Crippen MR) is 150 cm³/mol. The standard InChI is InChI=1S/C31H35N3O8/c1-33(2)24-19-13-16-12-18-17(27-15(8-11-41-27)14-34-9-4-3-5-10-34)6-7-20(35)22(18)25(36)21(16)28(38)30(19)31(40,42-30)23(26(24)37)29(32)39/h6-8,11,16,19,24,35-37,40H,3-5,9-10,12-14H2,1-2H3,(H2,32,39)/t16-,19-,24-,30-,31?/m0/s1. The van der Waals surface area contributed by atoms with E-state index in [4.69, 9.17) is 14.9 Å². The van der Waals surface area contributed by atoms with Gasteiger partial charge in [0.1, 0.15) is 28.6 Å². The molecule has 7 rings (SSSR count). The highest BCUT2D eigenvalue weighted by Gasteiger charge is 2.86. The van der Waals surface area contributed by atoms with Crippen molar-refractivity contribution in [1.82, 2.24) is 9.80 Å². The second-order valence-corrected chi connectivity index (χ2v) is 12.4. The summed E-state index contributed by atoms with van der Waals surface area (Å²) in [6.07, 6.45) is 5.73. The number of carbonyl (C=O) groups excluding carboxylic acids is 2. The summed E-state index contributed by atoms with van der Waals surface area (Å²) >= 11 is 0. The van der Waals surface area contributed by atoms with Crippen molar-refractivity contribution in [2.45, 2.75) is 56.1 Å². The van der Waals surface area contributed by atoms with E-state index in [0.717, 1.165) is 43.6 Å². The molecular weight excluding hydrogens is 542 g/mol. The van der Waals surface area contributed by atoms with Crippen molar-refractivity contribution < 1.29 is 39.2 Å². The first-order chi connectivity index (χ1) is 20.0. The molecule has 2 saturated heterocycles. The predicted octanol–water partition coefficient (Wildman–Crippen LogP) is 2.37. The fourth-order valence-electron chi connectivity index (χ4n) is 8.12. The first kappa shape index (κ1) is 27.2. The fourth-order valence-corrected chi connectivity index (χ4v) is 8.12. The smallest absolute Gasteiger partial charge is 0.253 e. The van der Waals surface area contributed by atoms with Crippen molar-refractivity contribution in [3.8, 4) is 17.1 Å². The van der Waals surface area contributed by atoms with Gasteiger partial charge in [-0.2, -0.15) is 0 Å². The summed E-state index contributed by atoms with van der Waals surface area (Å²) in [5.41, 5.74) is 5.63. The van der Waals surface area contributed by atoms with Crippen LogP contribution < -0.4 is 5.73 Å². The first-order valence-corrected chi connectivity index (χ1v) is 14.5. The number of likely N-dealkylation sites (tertiary alicyclic amines) is 1. The van der Waals surface area contributed by atoms with Crippen LogP contribution in [0.15, 0.2) is 45.8 Å². The van der Waals surface area contributed by atoms with E-state index in [1.165, 1.54) is 12.5 Å². The Morgan fingerprint density at radius 1 is 1.14 bits per heavy atom. The van der Waals surface area contributed by atoms with Crippen molar-refractivity contribution in [2.24, 2.45) is 17.6 Å². The number of rotatable bonds is 5. The van der Waals surface area contributed by atoms with Crippen molar-refractivity contribution in [1.29, 1.82) is 0 Å². The summed E-state index contributed by atoms with van der Waals surface area (Å²) < 4.78 is 11.7. The third-order valence-electron chi connectivity index (χ3n) is 9.95. The number of ketones is 1. The molecule has 1 saturated carbocycles. The molecule has 42 heavy (non-hydrogen) atoms. The number of amides is 1. The highest BCUT2D eigenvalue weighted by Crippen LogP contribution is 2.67. The van der Waals surface area contributed by atoms with Crippen LogP contribution in [0.4, 0.5) is 0 Å². The van der Waals surface area contributed by atoms with E-state index in [-0.39, 0.29) is 29.1 Å². The van der Waals surface area contributed by atoms with Gasteiger partial charge in [-0.15, -0.1) is 0 Å². The average Bonchev–Trinajstić information content (AvgIpc) is 3.32. The third-order valence-corrected chi connectivity index (χ3v) is 9.95. The summed E-state index contributed by atoms with van der Waals surface area (Å²) in [7, 11) is 3.39. The lowest BCUT2D eigenvalue weighted by molar-refractivity contribution is -0.127. The second-order valence-electron chi connectivity index (χ2n) is 12.4. The van der Waals surface area contributed by atoms with Crippen LogP contribution in [0.1, 0.15) is 42.4 Å². The number of piperidine rings is 1. The maximum absolute atomic E-state index is 14.2. The molecule has 11 nitrogen and oxygen atoms in total. The Morgan fingerprint density at radius 3 is 2.57 bits per heavy atom. The quantitative estimate of drug-likeness (QED) is 0.332. The largest absolute Gasteiger partial charge is 0.510 e. The van der Waals surface area contributed by atoms with E-state index in [2.05, 4.69) is 4.90 Å². The van der Waals surface area contributed by atoms with E-state index in [9.17, 15) is 30.0 Å². The molecule has 2 aliphatic heterocycles. The molecule has 1 aromatic carbocycles. The van der Waals surface area contributed by atoms with Crippen LogP contribution in [-0.4, -0.2) is 86.5 Å². The molecule has 3 fully saturated rings. The van der Waals surface area contributed by atoms with Crippen LogP contribution in [0.3, 0.4) is 0 Å². The molecule has 0 bridgehead atoms. The topological polar surface area (TPSA) is 173 Å². The minimum absolute atomic E-state index is 0.0258. The van der Waals surface area contributed by atoms with Crippen LogP contribution in [0.5, 0.6) is 5.75 Å². The number of likely N-dealkylation sites (N-methyl/N-ethyl adjacent to an activating group) is 1. The van der Waals surface area contributed by atoms with E-state index < -0.39 is 52.3 Å². The van der Waals surface area contributed by atoms with Gasteiger partial charge in [-0.1, -0.05) is 6.42 Å². The Kier molecular flexibility index (Phi) is 5.95. The second kappa shape index (κ2) is 9.18. The number of nitrogens with zero attached hydrogens (tertiary/aromatic N) is 2. The number of hydrogen-bond donors (Lipinski definition) is 5. The Labute approximate surface area is 242 Å². The number of fused-ring (bicyclic) bond motifs is 2. The SMILES string of the molecule is CN(C)[C@@H]1C(O)=C(C(N)=O)C2(O)O[C@@]23C(=O)C2=C(O)c4c(O)ccc(-c5occc5CN5CCCCC5)c4C[C@H]2C[C@@H]13.